The summed E-state index contributed by atoms with van der Waals surface area (Å²) in [4.78, 5) is 24.7. The van der Waals surface area contributed by atoms with Gasteiger partial charge in [-0.15, -0.1) is 0 Å². The van der Waals surface area contributed by atoms with Gasteiger partial charge in [0.15, 0.2) is 0 Å². The van der Waals surface area contributed by atoms with Gasteiger partial charge >= 0.3 is 5.97 Å². The number of hydrogen-bond acceptors (Lipinski definition) is 3. The molecular weight excluding hydrogens is 277 g/mol. The van der Waals surface area contributed by atoms with Gasteiger partial charge in [-0.3, -0.25) is 9.59 Å². The highest BCUT2D eigenvalue weighted by Crippen LogP contribution is 2.31. The van der Waals surface area contributed by atoms with Crippen molar-refractivity contribution < 1.29 is 24.2 Å². The van der Waals surface area contributed by atoms with Gasteiger partial charge < -0.3 is 15.1 Å². The van der Waals surface area contributed by atoms with E-state index in [0.717, 1.165) is 0 Å². The van der Waals surface area contributed by atoms with Crippen LogP contribution in [0.25, 0.3) is 0 Å². The SMILES string of the molecule is C[C@@]1(C(=O)O)CCN(C(=O)C[C@@H](O)c2cccc(F)c2)C1. The van der Waals surface area contributed by atoms with Crippen LogP contribution >= 0.6 is 0 Å². The average Bonchev–Trinajstić information content (AvgIpc) is 2.83. The summed E-state index contributed by atoms with van der Waals surface area (Å²) in [5.74, 6) is -1.72. The summed E-state index contributed by atoms with van der Waals surface area (Å²) in [6.07, 6.45) is -0.881. The molecule has 114 valence electrons. The number of rotatable bonds is 4. The fourth-order valence-corrected chi connectivity index (χ4v) is 2.47. The maximum Gasteiger partial charge on any atom is 0.311 e. The predicted octanol–water partition coefficient (Wildman–Crippen LogP) is 1.57. The third kappa shape index (κ3) is 3.39. The van der Waals surface area contributed by atoms with Gasteiger partial charge in [0.25, 0.3) is 0 Å². The van der Waals surface area contributed by atoms with Crippen molar-refractivity contribution in [1.82, 2.24) is 4.90 Å². The Hall–Kier alpha value is -1.95. The summed E-state index contributed by atoms with van der Waals surface area (Å²) in [5.41, 5.74) is -0.594. The zero-order chi connectivity index (χ0) is 15.6. The molecule has 2 atom stereocenters. The molecule has 2 rings (SSSR count). The van der Waals surface area contributed by atoms with Crippen molar-refractivity contribution in [2.45, 2.75) is 25.9 Å². The van der Waals surface area contributed by atoms with Crippen LogP contribution in [-0.4, -0.2) is 40.1 Å². The van der Waals surface area contributed by atoms with Crippen LogP contribution in [0, 0.1) is 11.2 Å². The Kier molecular flexibility index (Phi) is 4.27. The van der Waals surface area contributed by atoms with Crippen LogP contribution in [0.15, 0.2) is 24.3 Å². The van der Waals surface area contributed by atoms with Crippen LogP contribution in [0.3, 0.4) is 0 Å². The molecule has 0 spiro atoms. The van der Waals surface area contributed by atoms with Crippen molar-refractivity contribution in [1.29, 1.82) is 0 Å². The summed E-state index contributed by atoms with van der Waals surface area (Å²) in [6.45, 7) is 2.10. The number of carboxylic acids is 1. The van der Waals surface area contributed by atoms with Crippen molar-refractivity contribution in [2.75, 3.05) is 13.1 Å². The highest BCUT2D eigenvalue weighted by atomic mass is 19.1. The van der Waals surface area contributed by atoms with E-state index >= 15 is 0 Å². The van der Waals surface area contributed by atoms with Crippen molar-refractivity contribution in [2.24, 2.45) is 5.41 Å². The number of hydrogen-bond donors (Lipinski definition) is 2. The fraction of sp³-hybridized carbons (Fsp3) is 0.467. The number of nitrogens with zero attached hydrogens (tertiary/aromatic N) is 1. The number of carboxylic acid groups (broad SMARTS) is 1. The molecule has 1 aromatic carbocycles. The predicted molar refractivity (Wildman–Crippen MR) is 72.9 cm³/mol. The molecular formula is C15H18FNO4. The third-order valence-corrected chi connectivity index (χ3v) is 3.94. The van der Waals surface area contributed by atoms with Gasteiger partial charge in [-0.1, -0.05) is 12.1 Å². The van der Waals surface area contributed by atoms with Crippen LogP contribution in [0.1, 0.15) is 31.4 Å². The summed E-state index contributed by atoms with van der Waals surface area (Å²) < 4.78 is 13.1. The van der Waals surface area contributed by atoms with E-state index in [9.17, 15) is 19.1 Å². The van der Waals surface area contributed by atoms with E-state index in [1.807, 2.05) is 0 Å². The molecule has 1 saturated heterocycles. The molecule has 21 heavy (non-hydrogen) atoms. The molecule has 1 amide bonds. The smallest absolute Gasteiger partial charge is 0.311 e. The highest BCUT2D eigenvalue weighted by Gasteiger charge is 2.42. The first-order valence-corrected chi connectivity index (χ1v) is 6.76. The molecule has 6 heteroatoms. The third-order valence-electron chi connectivity index (χ3n) is 3.94. The second-order valence-electron chi connectivity index (χ2n) is 5.71. The number of aliphatic hydroxyl groups excluding tert-OH is 1. The van der Waals surface area contributed by atoms with Gasteiger partial charge in [0.1, 0.15) is 5.82 Å². The molecule has 1 aliphatic heterocycles. The van der Waals surface area contributed by atoms with Crippen LogP contribution in [0.2, 0.25) is 0 Å². The second-order valence-corrected chi connectivity index (χ2v) is 5.71. The summed E-state index contributed by atoms with van der Waals surface area (Å²) >= 11 is 0. The Morgan fingerprint density at radius 2 is 2.19 bits per heavy atom. The Bertz CT molecular complexity index is 562. The number of aliphatic carboxylic acids is 1. The fourth-order valence-electron chi connectivity index (χ4n) is 2.47. The lowest BCUT2D eigenvalue weighted by molar-refractivity contribution is -0.147. The lowest BCUT2D eigenvalue weighted by atomic mass is 9.90. The minimum atomic E-state index is -1.09. The minimum Gasteiger partial charge on any atom is -0.481 e. The molecule has 1 heterocycles. The maximum absolute atomic E-state index is 13.1. The van der Waals surface area contributed by atoms with Crippen LogP contribution in [0.5, 0.6) is 0 Å². The lowest BCUT2D eigenvalue weighted by Crippen LogP contribution is -2.35. The topological polar surface area (TPSA) is 77.8 Å². The zero-order valence-electron chi connectivity index (χ0n) is 11.8. The van der Waals surface area contributed by atoms with E-state index in [2.05, 4.69) is 0 Å². The van der Waals surface area contributed by atoms with Crippen LogP contribution < -0.4 is 0 Å². The van der Waals surface area contributed by atoms with Crippen molar-refractivity contribution in [3.05, 3.63) is 35.6 Å². The van der Waals surface area contributed by atoms with Crippen molar-refractivity contribution in [3.8, 4) is 0 Å². The number of amides is 1. The van der Waals surface area contributed by atoms with Gasteiger partial charge in [0.2, 0.25) is 5.91 Å². The van der Waals surface area contributed by atoms with Gasteiger partial charge in [-0.2, -0.15) is 0 Å². The lowest BCUT2D eigenvalue weighted by Gasteiger charge is -2.21. The number of likely N-dealkylation sites (tertiary alicyclic amines) is 1. The zero-order valence-corrected chi connectivity index (χ0v) is 11.8. The molecule has 2 N–H and O–H groups in total. The first-order chi connectivity index (χ1) is 9.82. The van der Waals surface area contributed by atoms with E-state index < -0.39 is 23.3 Å². The Balaban J connectivity index is 1.98. The molecule has 1 aromatic rings. The van der Waals surface area contributed by atoms with E-state index in [1.165, 1.54) is 23.1 Å². The Morgan fingerprint density at radius 1 is 1.48 bits per heavy atom. The standard InChI is InChI=1S/C15H18FNO4/c1-15(14(20)21)5-6-17(9-15)13(19)8-12(18)10-3-2-4-11(16)7-10/h2-4,7,12,18H,5-6,8-9H2,1H3,(H,20,21)/t12-,15-/m1/s1. The van der Waals surface area contributed by atoms with E-state index in [4.69, 9.17) is 5.11 Å². The van der Waals surface area contributed by atoms with Crippen LogP contribution in [0.4, 0.5) is 4.39 Å². The summed E-state index contributed by atoms with van der Waals surface area (Å²) in [5, 5.41) is 19.1. The maximum atomic E-state index is 13.1. The van der Waals surface area contributed by atoms with E-state index in [0.29, 0.717) is 18.5 Å². The normalized spacial score (nSPS) is 23.1. The molecule has 0 bridgehead atoms. The summed E-state index contributed by atoms with van der Waals surface area (Å²) in [6, 6.07) is 5.46. The molecule has 0 unspecified atom stereocenters. The van der Waals surface area contributed by atoms with E-state index in [-0.39, 0.29) is 18.9 Å². The van der Waals surface area contributed by atoms with Crippen molar-refractivity contribution >= 4 is 11.9 Å². The van der Waals surface area contributed by atoms with Gasteiger partial charge in [0, 0.05) is 13.1 Å². The van der Waals surface area contributed by atoms with Crippen molar-refractivity contribution in [3.63, 3.8) is 0 Å². The minimum absolute atomic E-state index is 0.136. The first kappa shape index (κ1) is 15.4. The Labute approximate surface area is 122 Å². The average molecular weight is 295 g/mol. The molecule has 0 saturated carbocycles. The molecule has 5 nitrogen and oxygen atoms in total. The van der Waals surface area contributed by atoms with Crippen LogP contribution in [-0.2, 0) is 9.59 Å². The number of carbonyl (C=O) groups is 2. The molecule has 0 aliphatic carbocycles. The first-order valence-electron chi connectivity index (χ1n) is 6.76. The monoisotopic (exact) mass is 295 g/mol. The van der Waals surface area contributed by atoms with Gasteiger partial charge in [-0.25, -0.2) is 4.39 Å². The Morgan fingerprint density at radius 3 is 2.76 bits per heavy atom. The molecule has 1 fully saturated rings. The van der Waals surface area contributed by atoms with Gasteiger partial charge in [0.05, 0.1) is 17.9 Å². The van der Waals surface area contributed by atoms with Gasteiger partial charge in [-0.05, 0) is 31.0 Å². The number of aliphatic hydroxyl groups is 1. The van der Waals surface area contributed by atoms with E-state index in [1.54, 1.807) is 13.0 Å². The molecule has 0 aromatic heterocycles. The highest BCUT2D eigenvalue weighted by molar-refractivity contribution is 5.80. The molecule has 1 aliphatic rings. The quantitative estimate of drug-likeness (QED) is 0.884. The second kappa shape index (κ2) is 5.81. The number of carbonyl (C=O) groups excluding carboxylic acids is 1. The number of benzene rings is 1. The molecule has 0 radical (unpaired) electrons. The summed E-state index contributed by atoms with van der Waals surface area (Å²) in [7, 11) is 0. The number of halogens is 1. The largest absolute Gasteiger partial charge is 0.481 e.